The number of carbonyl (C=O) groups excluding carboxylic acids is 1. The molecule has 0 saturated carbocycles. The predicted molar refractivity (Wildman–Crippen MR) is 114 cm³/mol. The Morgan fingerprint density at radius 3 is 2.70 bits per heavy atom. The van der Waals surface area contributed by atoms with Crippen molar-refractivity contribution in [2.45, 2.75) is 58.3 Å². The summed E-state index contributed by atoms with van der Waals surface area (Å²) in [6.07, 6.45) is 12.0. The van der Waals surface area contributed by atoms with Gasteiger partial charge in [0.05, 0.1) is 6.42 Å². The van der Waals surface area contributed by atoms with Crippen LogP contribution in [0.2, 0.25) is 0 Å². The van der Waals surface area contributed by atoms with E-state index < -0.39 is 5.97 Å². The smallest absolute Gasteiger partial charge is 0.304 e. The van der Waals surface area contributed by atoms with Crippen molar-refractivity contribution in [3.05, 3.63) is 59.3 Å². The van der Waals surface area contributed by atoms with Crippen molar-refractivity contribution in [2.24, 2.45) is 0 Å². The fourth-order valence-corrected chi connectivity index (χ4v) is 3.64. The molecule has 0 aromatic carbocycles. The van der Waals surface area contributed by atoms with Crippen molar-refractivity contribution in [1.82, 2.24) is 15.0 Å². The monoisotopic (exact) mass is 408 g/mol. The minimum atomic E-state index is -0.840. The van der Waals surface area contributed by atoms with Gasteiger partial charge in [-0.25, -0.2) is 15.0 Å². The molecule has 2 aromatic rings. The first-order valence-electron chi connectivity index (χ1n) is 10.4. The Hall–Kier alpha value is -3.09. The van der Waals surface area contributed by atoms with E-state index in [1.807, 2.05) is 12.2 Å². The molecule has 0 fully saturated rings. The number of rotatable bonds is 9. The summed E-state index contributed by atoms with van der Waals surface area (Å²) in [5, 5.41) is 9.18. The Morgan fingerprint density at radius 2 is 2.00 bits per heavy atom. The van der Waals surface area contributed by atoms with E-state index in [0.29, 0.717) is 5.82 Å². The summed E-state index contributed by atoms with van der Waals surface area (Å²) in [6.45, 7) is 4.10. The normalized spacial score (nSPS) is 14.1. The summed E-state index contributed by atoms with van der Waals surface area (Å²) in [6, 6.07) is 4.14. The summed E-state index contributed by atoms with van der Waals surface area (Å²) in [7, 11) is 0. The van der Waals surface area contributed by atoms with Crippen molar-refractivity contribution < 1.29 is 14.7 Å². The molecule has 0 saturated heterocycles. The van der Waals surface area contributed by atoms with E-state index >= 15 is 0 Å². The van der Waals surface area contributed by atoms with Crippen molar-refractivity contribution >= 4 is 17.7 Å². The van der Waals surface area contributed by atoms with Crippen molar-refractivity contribution in [3.63, 3.8) is 0 Å². The van der Waals surface area contributed by atoms with E-state index in [0.717, 1.165) is 61.3 Å². The van der Waals surface area contributed by atoms with Crippen LogP contribution in [-0.2, 0) is 22.4 Å². The van der Waals surface area contributed by atoms with Crippen LogP contribution in [0.4, 0.5) is 5.82 Å². The number of carboxylic acids is 1. The van der Waals surface area contributed by atoms with Gasteiger partial charge in [-0.2, -0.15) is 0 Å². The van der Waals surface area contributed by atoms with Crippen LogP contribution in [-0.4, -0.2) is 38.5 Å². The highest BCUT2D eigenvalue weighted by molar-refractivity contribution is 5.92. The molecule has 0 spiro atoms. The van der Waals surface area contributed by atoms with Gasteiger partial charge in [-0.15, -0.1) is 0 Å². The molecule has 3 rings (SSSR count). The number of pyridine rings is 1. The standard InChI is InChI=1S/C23H28N4O3/c1-16-24-14-20(15-25-16)19(13-22(29)30)7-5-3-4-6-8-21-10-9-18-11-12-27(17(2)28)23(18)26-21/h5,7,9-10,14-15,19H,3-4,6,8,11-13H2,1-2H3,(H,29,30)/b7-5+. The number of aliphatic carboxylic acids is 1. The number of aryl methyl sites for hydroxylation is 2. The number of hydrogen-bond donors (Lipinski definition) is 1. The summed E-state index contributed by atoms with van der Waals surface area (Å²) < 4.78 is 0. The van der Waals surface area contributed by atoms with Crippen LogP contribution >= 0.6 is 0 Å². The second-order valence-corrected chi connectivity index (χ2v) is 7.65. The minimum absolute atomic E-state index is 0.0224. The van der Waals surface area contributed by atoms with Crippen LogP contribution in [0.15, 0.2) is 36.7 Å². The van der Waals surface area contributed by atoms with E-state index in [-0.39, 0.29) is 18.2 Å². The molecule has 1 amide bonds. The van der Waals surface area contributed by atoms with E-state index in [9.17, 15) is 14.7 Å². The average Bonchev–Trinajstić information content (AvgIpc) is 3.13. The molecular formula is C23H28N4O3. The number of carboxylic acid groups (broad SMARTS) is 1. The SMILES string of the molecule is CC(=O)N1CCc2ccc(CCCC/C=C/C(CC(=O)O)c3cnc(C)nc3)nc21. The van der Waals surface area contributed by atoms with Gasteiger partial charge in [0.15, 0.2) is 0 Å². The first kappa shape index (κ1) is 21.6. The molecule has 1 N–H and O–H groups in total. The quantitative estimate of drug-likeness (QED) is 0.503. The van der Waals surface area contributed by atoms with Gasteiger partial charge in [0, 0.05) is 37.5 Å². The predicted octanol–water partition coefficient (Wildman–Crippen LogP) is 3.62. The summed E-state index contributed by atoms with van der Waals surface area (Å²) in [5.74, 6) is 0.463. The van der Waals surface area contributed by atoms with E-state index in [1.165, 1.54) is 0 Å². The molecule has 7 nitrogen and oxygen atoms in total. The molecule has 30 heavy (non-hydrogen) atoms. The molecule has 3 heterocycles. The van der Waals surface area contributed by atoms with Crippen molar-refractivity contribution in [1.29, 1.82) is 0 Å². The largest absolute Gasteiger partial charge is 0.481 e. The number of nitrogens with zero attached hydrogens (tertiary/aromatic N) is 4. The van der Waals surface area contributed by atoms with Crippen LogP contribution in [0.25, 0.3) is 0 Å². The fraction of sp³-hybridized carbons (Fsp3) is 0.435. The number of amides is 1. The lowest BCUT2D eigenvalue weighted by molar-refractivity contribution is -0.137. The highest BCUT2D eigenvalue weighted by Crippen LogP contribution is 2.26. The third-order valence-electron chi connectivity index (χ3n) is 5.30. The van der Waals surface area contributed by atoms with Gasteiger partial charge < -0.3 is 5.11 Å². The van der Waals surface area contributed by atoms with Crippen LogP contribution in [0.1, 0.15) is 61.2 Å². The van der Waals surface area contributed by atoms with E-state index in [1.54, 1.807) is 31.1 Å². The molecule has 7 heteroatoms. The maximum atomic E-state index is 11.7. The first-order valence-corrected chi connectivity index (χ1v) is 10.4. The zero-order valence-corrected chi connectivity index (χ0v) is 17.5. The Morgan fingerprint density at radius 1 is 1.23 bits per heavy atom. The molecule has 158 valence electrons. The van der Waals surface area contributed by atoms with E-state index in [2.05, 4.69) is 27.1 Å². The first-order chi connectivity index (χ1) is 14.4. The van der Waals surface area contributed by atoms with Gasteiger partial charge in [-0.3, -0.25) is 14.5 Å². The third kappa shape index (κ3) is 5.72. The Bertz CT molecular complexity index is 925. The summed E-state index contributed by atoms with van der Waals surface area (Å²) >= 11 is 0. The highest BCUT2D eigenvalue weighted by atomic mass is 16.4. The second kappa shape index (κ2) is 10.1. The van der Waals surface area contributed by atoms with E-state index in [4.69, 9.17) is 0 Å². The molecule has 1 aliphatic rings. The lowest BCUT2D eigenvalue weighted by Crippen LogP contribution is -2.26. The zero-order chi connectivity index (χ0) is 21.5. The zero-order valence-electron chi connectivity index (χ0n) is 17.5. The van der Waals surface area contributed by atoms with Gasteiger partial charge in [-0.1, -0.05) is 18.2 Å². The number of fused-ring (bicyclic) bond motifs is 1. The third-order valence-corrected chi connectivity index (χ3v) is 5.30. The number of hydrogen-bond acceptors (Lipinski definition) is 5. The maximum Gasteiger partial charge on any atom is 0.304 e. The molecule has 0 aliphatic carbocycles. The average molecular weight is 409 g/mol. The van der Waals surface area contributed by atoms with Crippen LogP contribution in [0, 0.1) is 6.92 Å². The maximum absolute atomic E-state index is 11.7. The van der Waals surface area contributed by atoms with Gasteiger partial charge in [0.25, 0.3) is 0 Å². The van der Waals surface area contributed by atoms with Crippen LogP contribution in [0.3, 0.4) is 0 Å². The van der Waals surface area contributed by atoms with Gasteiger partial charge in [0.2, 0.25) is 5.91 Å². The van der Waals surface area contributed by atoms with Crippen molar-refractivity contribution in [2.75, 3.05) is 11.4 Å². The van der Waals surface area contributed by atoms with Crippen LogP contribution in [0.5, 0.6) is 0 Å². The van der Waals surface area contributed by atoms with Gasteiger partial charge in [-0.05, 0) is 56.2 Å². The highest BCUT2D eigenvalue weighted by Gasteiger charge is 2.23. The number of unbranched alkanes of at least 4 members (excludes halogenated alkanes) is 2. The Kier molecular flexibility index (Phi) is 7.27. The van der Waals surface area contributed by atoms with Gasteiger partial charge >= 0.3 is 5.97 Å². The van der Waals surface area contributed by atoms with Crippen LogP contribution < -0.4 is 4.90 Å². The lowest BCUT2D eigenvalue weighted by atomic mass is 9.97. The number of allylic oxidation sites excluding steroid dienone is 2. The Balaban J connectivity index is 1.49. The van der Waals surface area contributed by atoms with Crippen molar-refractivity contribution in [3.8, 4) is 0 Å². The number of aromatic nitrogens is 3. The molecular weight excluding hydrogens is 380 g/mol. The fourth-order valence-electron chi connectivity index (χ4n) is 3.64. The molecule has 1 aliphatic heterocycles. The molecule has 0 radical (unpaired) electrons. The molecule has 1 unspecified atom stereocenters. The minimum Gasteiger partial charge on any atom is -0.481 e. The lowest BCUT2D eigenvalue weighted by Gasteiger charge is -2.14. The molecule has 2 aromatic heterocycles. The molecule has 1 atom stereocenters. The number of anilines is 1. The topological polar surface area (TPSA) is 96.3 Å². The summed E-state index contributed by atoms with van der Waals surface area (Å²) in [4.78, 5) is 37.7. The number of carbonyl (C=O) groups is 2. The Labute approximate surface area is 176 Å². The molecule has 0 bridgehead atoms. The van der Waals surface area contributed by atoms with Gasteiger partial charge in [0.1, 0.15) is 11.6 Å². The summed E-state index contributed by atoms with van der Waals surface area (Å²) in [5.41, 5.74) is 2.96. The second-order valence-electron chi connectivity index (χ2n) is 7.65.